The predicted octanol–water partition coefficient (Wildman–Crippen LogP) is 3.24. The lowest BCUT2D eigenvalue weighted by Gasteiger charge is -2.16. The Kier molecular flexibility index (Phi) is 4.75. The van der Waals surface area contributed by atoms with E-state index in [9.17, 15) is 0 Å². The Labute approximate surface area is 108 Å². The van der Waals surface area contributed by atoms with E-state index in [1.165, 1.54) is 30.6 Å². The van der Waals surface area contributed by atoms with Crippen molar-refractivity contribution in [2.75, 3.05) is 19.1 Å². The molecule has 0 amide bonds. The van der Waals surface area contributed by atoms with Gasteiger partial charge in [0.05, 0.1) is 6.10 Å². The smallest absolute Gasteiger partial charge is 0.119 e. The van der Waals surface area contributed by atoms with E-state index in [1.807, 2.05) is 18.8 Å². The first kappa shape index (κ1) is 12.8. The summed E-state index contributed by atoms with van der Waals surface area (Å²) in [6, 6.07) is 9.00. The molecule has 0 bridgehead atoms. The van der Waals surface area contributed by atoms with Gasteiger partial charge in [0, 0.05) is 6.04 Å². The lowest BCUT2D eigenvalue weighted by molar-refractivity contribution is 0.303. The van der Waals surface area contributed by atoms with Gasteiger partial charge in [-0.1, -0.05) is 12.1 Å². The van der Waals surface area contributed by atoms with E-state index in [1.54, 1.807) is 0 Å². The van der Waals surface area contributed by atoms with E-state index >= 15 is 0 Å². The highest BCUT2D eigenvalue weighted by Crippen LogP contribution is 2.28. The van der Waals surface area contributed by atoms with Crippen LogP contribution in [0, 0.1) is 0 Å². The van der Waals surface area contributed by atoms with Gasteiger partial charge in [0.15, 0.2) is 0 Å². The second kappa shape index (κ2) is 6.31. The summed E-state index contributed by atoms with van der Waals surface area (Å²) in [5, 5.41) is 3.37. The summed E-state index contributed by atoms with van der Waals surface area (Å²) >= 11 is 1.90. The zero-order valence-electron chi connectivity index (χ0n) is 10.6. The molecule has 0 aliphatic heterocycles. The van der Waals surface area contributed by atoms with E-state index in [2.05, 4.69) is 35.8 Å². The molecule has 1 saturated carbocycles. The number of thioether (sulfide) groups is 1. The molecule has 17 heavy (non-hydrogen) atoms. The topological polar surface area (TPSA) is 21.3 Å². The molecule has 0 radical (unpaired) electrons. The van der Waals surface area contributed by atoms with Crippen molar-refractivity contribution in [1.29, 1.82) is 0 Å². The average molecular weight is 251 g/mol. The van der Waals surface area contributed by atoms with Crippen molar-refractivity contribution in [3.8, 4) is 5.75 Å². The van der Waals surface area contributed by atoms with Gasteiger partial charge in [-0.3, -0.25) is 0 Å². The van der Waals surface area contributed by atoms with Crippen LogP contribution >= 0.6 is 11.8 Å². The molecule has 3 heteroatoms. The summed E-state index contributed by atoms with van der Waals surface area (Å²) in [6.07, 6.45) is 6.24. The minimum atomic E-state index is 0.456. The third-order valence-electron chi connectivity index (χ3n) is 3.07. The van der Waals surface area contributed by atoms with E-state index < -0.39 is 0 Å². The summed E-state index contributed by atoms with van der Waals surface area (Å²) in [7, 11) is 2.03. The quantitative estimate of drug-likeness (QED) is 0.804. The summed E-state index contributed by atoms with van der Waals surface area (Å²) in [5.74, 6) is 2.20. The molecule has 1 unspecified atom stereocenters. The second-order valence-electron chi connectivity index (χ2n) is 4.51. The first-order chi connectivity index (χ1) is 8.33. The Morgan fingerprint density at radius 3 is 2.59 bits per heavy atom. The zero-order chi connectivity index (χ0) is 12.1. The summed E-state index contributed by atoms with van der Waals surface area (Å²) < 4.78 is 5.75. The molecule has 0 heterocycles. The molecule has 1 aliphatic rings. The van der Waals surface area contributed by atoms with Crippen LogP contribution in [0.1, 0.15) is 30.9 Å². The van der Waals surface area contributed by atoms with Crippen molar-refractivity contribution in [2.45, 2.75) is 31.4 Å². The molecular weight excluding hydrogens is 230 g/mol. The molecular formula is C14H21NOS. The molecule has 1 atom stereocenters. The first-order valence-electron chi connectivity index (χ1n) is 6.26. The van der Waals surface area contributed by atoms with Gasteiger partial charge in [-0.25, -0.2) is 0 Å². The van der Waals surface area contributed by atoms with Crippen LogP contribution in [-0.4, -0.2) is 25.2 Å². The molecule has 0 spiro atoms. The molecule has 1 fully saturated rings. The summed E-state index contributed by atoms with van der Waals surface area (Å²) in [5.41, 5.74) is 1.35. The Balaban J connectivity index is 1.93. The molecule has 1 aromatic carbocycles. The van der Waals surface area contributed by atoms with Crippen LogP contribution in [0.3, 0.4) is 0 Å². The molecule has 1 aromatic rings. The molecule has 1 N–H and O–H groups in total. The molecule has 1 aliphatic carbocycles. The fraction of sp³-hybridized carbons (Fsp3) is 0.571. The molecule has 94 valence electrons. The monoisotopic (exact) mass is 251 g/mol. The van der Waals surface area contributed by atoms with Crippen molar-refractivity contribution in [3.05, 3.63) is 29.8 Å². The standard InChI is InChI=1S/C14H21NOS/c1-15-14(9-10-17-2)11-3-5-12(6-4-11)16-13-7-8-13/h3-6,13-15H,7-10H2,1-2H3. The highest BCUT2D eigenvalue weighted by Gasteiger charge is 2.23. The second-order valence-corrected chi connectivity index (χ2v) is 5.49. The molecule has 0 saturated heterocycles. The average Bonchev–Trinajstić information content (AvgIpc) is 3.16. The number of rotatable bonds is 7. The van der Waals surface area contributed by atoms with Crippen molar-refractivity contribution in [2.24, 2.45) is 0 Å². The molecule has 0 aromatic heterocycles. The lowest BCUT2D eigenvalue weighted by Crippen LogP contribution is -2.17. The van der Waals surface area contributed by atoms with Crippen molar-refractivity contribution < 1.29 is 4.74 Å². The third-order valence-corrected chi connectivity index (χ3v) is 3.71. The normalized spacial score (nSPS) is 16.8. The van der Waals surface area contributed by atoms with Gasteiger partial charge in [-0.05, 0) is 56.0 Å². The minimum Gasteiger partial charge on any atom is -0.490 e. The highest BCUT2D eigenvalue weighted by molar-refractivity contribution is 7.98. The SMILES string of the molecule is CNC(CCSC)c1ccc(OC2CC2)cc1. The number of nitrogens with one attached hydrogen (secondary N) is 1. The number of hydrogen-bond donors (Lipinski definition) is 1. The maximum atomic E-state index is 5.75. The third kappa shape index (κ3) is 3.93. The van der Waals surface area contributed by atoms with Crippen LogP contribution in [0.4, 0.5) is 0 Å². The summed E-state index contributed by atoms with van der Waals surface area (Å²) in [6.45, 7) is 0. The van der Waals surface area contributed by atoms with Crippen LogP contribution in [0.5, 0.6) is 5.75 Å². The zero-order valence-corrected chi connectivity index (χ0v) is 11.4. The maximum absolute atomic E-state index is 5.75. The maximum Gasteiger partial charge on any atom is 0.119 e. The Morgan fingerprint density at radius 2 is 2.06 bits per heavy atom. The highest BCUT2D eigenvalue weighted by atomic mass is 32.2. The summed E-state index contributed by atoms with van der Waals surface area (Å²) in [4.78, 5) is 0. The van der Waals surface area contributed by atoms with Gasteiger partial charge in [-0.15, -0.1) is 0 Å². The van der Waals surface area contributed by atoms with Crippen LogP contribution in [0.25, 0.3) is 0 Å². The van der Waals surface area contributed by atoms with E-state index in [4.69, 9.17) is 4.74 Å². The van der Waals surface area contributed by atoms with Gasteiger partial charge >= 0.3 is 0 Å². The van der Waals surface area contributed by atoms with Crippen molar-refractivity contribution in [1.82, 2.24) is 5.32 Å². The van der Waals surface area contributed by atoms with Crippen molar-refractivity contribution >= 4 is 11.8 Å². The van der Waals surface area contributed by atoms with Crippen LogP contribution in [-0.2, 0) is 0 Å². The lowest BCUT2D eigenvalue weighted by atomic mass is 10.0. The van der Waals surface area contributed by atoms with Crippen LogP contribution in [0.15, 0.2) is 24.3 Å². The van der Waals surface area contributed by atoms with Crippen LogP contribution in [0.2, 0.25) is 0 Å². The van der Waals surface area contributed by atoms with Gasteiger partial charge in [0.25, 0.3) is 0 Å². The largest absolute Gasteiger partial charge is 0.490 e. The van der Waals surface area contributed by atoms with Gasteiger partial charge in [0.1, 0.15) is 5.75 Å². The fourth-order valence-corrected chi connectivity index (χ4v) is 2.34. The number of hydrogen-bond acceptors (Lipinski definition) is 3. The molecule has 2 rings (SSSR count). The number of ether oxygens (including phenoxy) is 1. The minimum absolute atomic E-state index is 0.456. The fourth-order valence-electron chi connectivity index (χ4n) is 1.87. The Morgan fingerprint density at radius 1 is 1.35 bits per heavy atom. The Bertz CT molecular complexity index is 335. The Hall–Kier alpha value is -0.670. The molecule has 2 nitrogen and oxygen atoms in total. The van der Waals surface area contributed by atoms with Gasteiger partial charge in [0.2, 0.25) is 0 Å². The number of benzene rings is 1. The first-order valence-corrected chi connectivity index (χ1v) is 7.65. The van der Waals surface area contributed by atoms with Crippen LogP contribution < -0.4 is 10.1 Å². The van der Waals surface area contributed by atoms with Gasteiger partial charge in [-0.2, -0.15) is 11.8 Å². The van der Waals surface area contributed by atoms with Gasteiger partial charge < -0.3 is 10.1 Å². The van der Waals surface area contributed by atoms with E-state index in [-0.39, 0.29) is 0 Å². The van der Waals surface area contributed by atoms with Crippen molar-refractivity contribution in [3.63, 3.8) is 0 Å². The van der Waals surface area contributed by atoms with E-state index in [0.29, 0.717) is 12.1 Å². The predicted molar refractivity (Wildman–Crippen MR) is 74.9 cm³/mol. The van der Waals surface area contributed by atoms with E-state index in [0.717, 1.165) is 5.75 Å².